The zero-order valence-electron chi connectivity index (χ0n) is 8.52. The monoisotopic (exact) mass is 205 g/mol. The van der Waals surface area contributed by atoms with Crippen LogP contribution in [0.25, 0.3) is 0 Å². The molecule has 2 rings (SSSR count). The van der Waals surface area contributed by atoms with Gasteiger partial charge in [0.05, 0.1) is 5.56 Å². The third kappa shape index (κ3) is 2.02. The first-order valence-corrected chi connectivity index (χ1v) is 5.27. The molecule has 0 aromatic heterocycles. The van der Waals surface area contributed by atoms with Gasteiger partial charge in [-0.25, -0.2) is 4.79 Å². The van der Waals surface area contributed by atoms with Crippen LogP contribution in [-0.2, 0) is 0 Å². The fourth-order valence-corrected chi connectivity index (χ4v) is 1.92. The summed E-state index contributed by atoms with van der Waals surface area (Å²) in [6.07, 6.45) is 3.66. The maximum atomic E-state index is 10.7. The zero-order valence-corrected chi connectivity index (χ0v) is 8.52. The second-order valence-electron chi connectivity index (χ2n) is 4.14. The van der Waals surface area contributed by atoms with E-state index < -0.39 is 5.97 Å². The van der Waals surface area contributed by atoms with Crippen LogP contribution in [0.4, 0.5) is 0 Å². The lowest BCUT2D eigenvalue weighted by atomic mass is 9.77. The molecule has 0 aliphatic heterocycles. The normalized spacial score (nSPS) is 18.2. The van der Waals surface area contributed by atoms with E-state index in [2.05, 4.69) is 0 Å². The molecule has 3 N–H and O–H groups in total. The zero-order chi connectivity index (χ0) is 10.8. The Balaban J connectivity index is 2.11. The van der Waals surface area contributed by atoms with Crippen molar-refractivity contribution >= 4 is 5.97 Å². The Morgan fingerprint density at radius 3 is 2.33 bits per heavy atom. The lowest BCUT2D eigenvalue weighted by Gasteiger charge is -2.31. The molecule has 0 bridgehead atoms. The molecule has 0 spiro atoms. The first kappa shape index (κ1) is 10.2. The number of carbonyl (C=O) groups is 1. The van der Waals surface area contributed by atoms with E-state index in [1.54, 1.807) is 12.1 Å². The summed E-state index contributed by atoms with van der Waals surface area (Å²) in [5.41, 5.74) is 7.44. The number of carboxylic acids is 1. The van der Waals surface area contributed by atoms with E-state index >= 15 is 0 Å². The van der Waals surface area contributed by atoms with Crippen LogP contribution in [0, 0.1) is 5.92 Å². The van der Waals surface area contributed by atoms with Crippen molar-refractivity contribution in [2.24, 2.45) is 11.7 Å². The van der Waals surface area contributed by atoms with Gasteiger partial charge in [-0.2, -0.15) is 0 Å². The Hall–Kier alpha value is -1.35. The predicted octanol–water partition coefficient (Wildman–Crippen LogP) is 2.18. The van der Waals surface area contributed by atoms with Gasteiger partial charge in [0.15, 0.2) is 0 Å². The van der Waals surface area contributed by atoms with Gasteiger partial charge in [0.2, 0.25) is 0 Å². The number of benzene rings is 1. The smallest absolute Gasteiger partial charge is 0.335 e. The molecule has 1 aromatic carbocycles. The fraction of sp³-hybridized carbons (Fsp3) is 0.417. The predicted molar refractivity (Wildman–Crippen MR) is 57.7 cm³/mol. The van der Waals surface area contributed by atoms with Crippen molar-refractivity contribution in [3.8, 4) is 0 Å². The topological polar surface area (TPSA) is 63.3 Å². The largest absolute Gasteiger partial charge is 0.478 e. The van der Waals surface area contributed by atoms with Crippen LogP contribution in [-0.4, -0.2) is 11.1 Å². The number of hydrogen-bond acceptors (Lipinski definition) is 2. The van der Waals surface area contributed by atoms with E-state index in [1.807, 2.05) is 12.1 Å². The Bertz CT molecular complexity index is 354. The fourth-order valence-electron chi connectivity index (χ4n) is 1.92. The molecule has 1 aliphatic carbocycles. The molecule has 0 radical (unpaired) electrons. The number of aromatic carboxylic acids is 1. The first-order chi connectivity index (χ1) is 7.18. The van der Waals surface area contributed by atoms with E-state index in [9.17, 15) is 4.79 Å². The third-order valence-corrected chi connectivity index (χ3v) is 3.20. The molecule has 3 heteroatoms. The van der Waals surface area contributed by atoms with Gasteiger partial charge in [-0.3, -0.25) is 0 Å². The summed E-state index contributed by atoms with van der Waals surface area (Å²) >= 11 is 0. The van der Waals surface area contributed by atoms with Crippen molar-refractivity contribution in [1.29, 1.82) is 0 Å². The van der Waals surface area contributed by atoms with Gasteiger partial charge < -0.3 is 10.8 Å². The van der Waals surface area contributed by atoms with Crippen molar-refractivity contribution in [3.63, 3.8) is 0 Å². The lowest BCUT2D eigenvalue weighted by Crippen LogP contribution is -2.26. The summed E-state index contributed by atoms with van der Waals surface area (Å²) in [5, 5.41) is 8.75. The van der Waals surface area contributed by atoms with Crippen LogP contribution < -0.4 is 5.73 Å². The van der Waals surface area contributed by atoms with Crippen molar-refractivity contribution in [2.75, 3.05) is 0 Å². The van der Waals surface area contributed by atoms with E-state index in [-0.39, 0.29) is 6.04 Å². The molecule has 1 saturated carbocycles. The molecule has 15 heavy (non-hydrogen) atoms. The lowest BCUT2D eigenvalue weighted by molar-refractivity contribution is 0.0697. The molecule has 1 aromatic rings. The highest BCUT2D eigenvalue weighted by Gasteiger charge is 2.25. The van der Waals surface area contributed by atoms with Gasteiger partial charge in [0.25, 0.3) is 0 Å². The number of hydrogen-bond donors (Lipinski definition) is 2. The van der Waals surface area contributed by atoms with E-state index in [0.29, 0.717) is 11.5 Å². The molecule has 1 fully saturated rings. The average molecular weight is 205 g/mol. The highest BCUT2D eigenvalue weighted by molar-refractivity contribution is 5.87. The Morgan fingerprint density at radius 1 is 1.33 bits per heavy atom. The van der Waals surface area contributed by atoms with E-state index in [1.165, 1.54) is 19.3 Å². The summed E-state index contributed by atoms with van der Waals surface area (Å²) in [7, 11) is 0. The Kier molecular flexibility index (Phi) is 2.73. The maximum Gasteiger partial charge on any atom is 0.335 e. The molecule has 0 saturated heterocycles. The quantitative estimate of drug-likeness (QED) is 0.795. The van der Waals surface area contributed by atoms with Crippen LogP contribution in [0.2, 0.25) is 0 Å². The van der Waals surface area contributed by atoms with Gasteiger partial charge in [-0.05, 0) is 36.5 Å². The van der Waals surface area contributed by atoms with Crippen molar-refractivity contribution in [1.82, 2.24) is 0 Å². The third-order valence-electron chi connectivity index (χ3n) is 3.20. The van der Waals surface area contributed by atoms with Crippen LogP contribution in [0.15, 0.2) is 24.3 Å². The molecule has 1 aliphatic rings. The van der Waals surface area contributed by atoms with Crippen molar-refractivity contribution in [3.05, 3.63) is 35.4 Å². The number of rotatable bonds is 3. The molecule has 0 unspecified atom stereocenters. The van der Waals surface area contributed by atoms with E-state index in [4.69, 9.17) is 10.8 Å². The van der Waals surface area contributed by atoms with Gasteiger partial charge in [-0.15, -0.1) is 0 Å². The first-order valence-electron chi connectivity index (χ1n) is 5.27. The summed E-state index contributed by atoms with van der Waals surface area (Å²) in [5.74, 6) is -0.306. The van der Waals surface area contributed by atoms with E-state index in [0.717, 1.165) is 5.56 Å². The van der Waals surface area contributed by atoms with Crippen LogP contribution >= 0.6 is 0 Å². The highest BCUT2D eigenvalue weighted by atomic mass is 16.4. The molecule has 3 nitrogen and oxygen atoms in total. The molecular weight excluding hydrogens is 190 g/mol. The second-order valence-corrected chi connectivity index (χ2v) is 4.14. The number of nitrogens with two attached hydrogens (primary N) is 1. The Labute approximate surface area is 88.9 Å². The van der Waals surface area contributed by atoms with Crippen molar-refractivity contribution < 1.29 is 9.90 Å². The number of carboxylic acid groups (broad SMARTS) is 1. The summed E-state index contributed by atoms with van der Waals surface area (Å²) in [6.45, 7) is 0. The SMILES string of the molecule is N[C@H](c1ccc(C(=O)O)cc1)C1CCC1. The molecular formula is C12H15NO2. The van der Waals surface area contributed by atoms with Crippen molar-refractivity contribution in [2.45, 2.75) is 25.3 Å². The minimum atomic E-state index is -0.890. The van der Waals surface area contributed by atoms with Gasteiger partial charge in [0, 0.05) is 6.04 Å². The molecule has 1 atom stereocenters. The summed E-state index contributed by atoms with van der Waals surface area (Å²) in [6, 6.07) is 6.97. The van der Waals surface area contributed by atoms with Crippen LogP contribution in [0.1, 0.15) is 41.2 Å². The molecule has 0 amide bonds. The summed E-state index contributed by atoms with van der Waals surface area (Å²) < 4.78 is 0. The average Bonchev–Trinajstić information content (AvgIpc) is 2.15. The van der Waals surface area contributed by atoms with Gasteiger partial charge in [0.1, 0.15) is 0 Å². The molecule has 80 valence electrons. The van der Waals surface area contributed by atoms with Crippen LogP contribution in [0.5, 0.6) is 0 Å². The van der Waals surface area contributed by atoms with Crippen LogP contribution in [0.3, 0.4) is 0 Å². The standard InChI is InChI=1S/C12H15NO2/c13-11(8-2-1-3-8)9-4-6-10(7-5-9)12(14)15/h4-8,11H,1-3,13H2,(H,14,15)/t11-/m0/s1. The Morgan fingerprint density at radius 2 is 1.93 bits per heavy atom. The van der Waals surface area contributed by atoms with Gasteiger partial charge in [-0.1, -0.05) is 18.6 Å². The highest BCUT2D eigenvalue weighted by Crippen LogP contribution is 2.35. The van der Waals surface area contributed by atoms with Gasteiger partial charge >= 0.3 is 5.97 Å². The maximum absolute atomic E-state index is 10.7. The minimum absolute atomic E-state index is 0.0709. The molecule has 0 heterocycles. The minimum Gasteiger partial charge on any atom is -0.478 e. The summed E-state index contributed by atoms with van der Waals surface area (Å²) in [4.78, 5) is 10.7. The second kappa shape index (κ2) is 4.03.